The van der Waals surface area contributed by atoms with Crippen molar-refractivity contribution < 1.29 is 14.9 Å². The number of rotatable bonds is 2. The first-order valence-corrected chi connectivity index (χ1v) is 14.2. The highest BCUT2D eigenvalue weighted by molar-refractivity contribution is 5.18. The average molecular weight is 461 g/mol. The van der Waals surface area contributed by atoms with E-state index in [9.17, 15) is 10.2 Å². The number of hydrogen-bond donors (Lipinski definition) is 2. The first kappa shape index (κ1) is 24.6. The van der Waals surface area contributed by atoms with Crippen LogP contribution in [0, 0.1) is 45.3 Å². The third-order valence-electron chi connectivity index (χ3n) is 13.3. The van der Waals surface area contributed by atoms with Gasteiger partial charge in [-0.05, 0) is 130 Å². The van der Waals surface area contributed by atoms with E-state index < -0.39 is 5.60 Å². The van der Waals surface area contributed by atoms with Crippen molar-refractivity contribution in [3.63, 3.8) is 0 Å². The van der Waals surface area contributed by atoms with Gasteiger partial charge in [-0.15, -0.1) is 0 Å². The molecule has 1 unspecified atom stereocenters. The Hall–Kier alpha value is -0.120. The molecule has 3 nitrogen and oxygen atoms in total. The van der Waals surface area contributed by atoms with E-state index in [1.54, 1.807) is 0 Å². The van der Waals surface area contributed by atoms with Gasteiger partial charge in [0, 0.05) is 0 Å². The fourth-order valence-electron chi connectivity index (χ4n) is 11.1. The second-order valence-electron chi connectivity index (χ2n) is 15.3. The largest absolute Gasteiger partial charge is 0.393 e. The molecule has 0 bridgehead atoms. The van der Waals surface area contributed by atoms with Crippen LogP contribution in [0.3, 0.4) is 0 Å². The third-order valence-corrected chi connectivity index (χ3v) is 13.3. The van der Waals surface area contributed by atoms with Gasteiger partial charge in [0.15, 0.2) is 0 Å². The molecule has 5 aliphatic rings. The maximum Gasteiger partial charge on any atom is 0.0865 e. The third kappa shape index (κ3) is 3.16. The lowest BCUT2D eigenvalue weighted by atomic mass is 9.35. The molecular weight excluding hydrogens is 408 g/mol. The van der Waals surface area contributed by atoms with E-state index in [1.807, 2.05) is 13.8 Å². The van der Waals surface area contributed by atoms with Gasteiger partial charge in [-0.2, -0.15) is 0 Å². The molecule has 5 rings (SSSR count). The Kier molecular flexibility index (Phi) is 5.38. The van der Waals surface area contributed by atoms with E-state index in [1.165, 1.54) is 44.9 Å². The van der Waals surface area contributed by atoms with Crippen LogP contribution in [-0.2, 0) is 4.74 Å². The highest BCUT2D eigenvalue weighted by Gasteiger charge is 2.70. The Bertz CT molecular complexity index is 784. The molecule has 190 valence electrons. The first-order valence-electron chi connectivity index (χ1n) is 14.2. The Morgan fingerprint density at radius 2 is 1.36 bits per heavy atom. The Morgan fingerprint density at radius 3 is 2.00 bits per heavy atom. The molecule has 5 fully saturated rings. The van der Waals surface area contributed by atoms with Crippen LogP contribution in [0.1, 0.15) is 120 Å². The molecule has 1 saturated heterocycles. The minimum absolute atomic E-state index is 0.0293. The SMILES string of the molecule is CC(C)(O)[C@H]1CC[C@@](C)([C@H]2CC[C@@]3(C)[C@H]2CC[C@@H]2[C@@]4(C)CC[C@@H](O)C(C)(C)C4CC[C@]23C)O1. The number of fused-ring (bicyclic) bond motifs is 5. The molecule has 2 N–H and O–H groups in total. The maximum absolute atomic E-state index is 10.9. The van der Waals surface area contributed by atoms with E-state index in [0.29, 0.717) is 28.1 Å². The summed E-state index contributed by atoms with van der Waals surface area (Å²) in [7, 11) is 0. The molecule has 0 spiro atoms. The van der Waals surface area contributed by atoms with Gasteiger partial charge in [0.1, 0.15) is 0 Å². The van der Waals surface area contributed by atoms with Crippen LogP contribution < -0.4 is 0 Å². The normalized spacial score (nSPS) is 56.2. The van der Waals surface area contributed by atoms with Gasteiger partial charge in [-0.3, -0.25) is 0 Å². The van der Waals surface area contributed by atoms with Gasteiger partial charge in [0.25, 0.3) is 0 Å². The fraction of sp³-hybridized carbons (Fsp3) is 1.00. The van der Waals surface area contributed by atoms with E-state index in [2.05, 4.69) is 41.5 Å². The molecule has 33 heavy (non-hydrogen) atoms. The quantitative estimate of drug-likeness (QED) is 0.480. The summed E-state index contributed by atoms with van der Waals surface area (Å²) in [4.78, 5) is 0. The van der Waals surface area contributed by atoms with Gasteiger partial charge in [0.05, 0.1) is 23.4 Å². The van der Waals surface area contributed by atoms with Crippen LogP contribution in [0.25, 0.3) is 0 Å². The van der Waals surface area contributed by atoms with E-state index in [0.717, 1.165) is 31.1 Å². The molecule has 4 aliphatic carbocycles. The van der Waals surface area contributed by atoms with Crippen LogP contribution in [0.2, 0.25) is 0 Å². The Labute approximate surface area is 203 Å². The molecule has 0 aromatic heterocycles. The van der Waals surface area contributed by atoms with Crippen molar-refractivity contribution in [1.29, 1.82) is 0 Å². The predicted octanol–water partition coefficient (Wildman–Crippen LogP) is 6.74. The average Bonchev–Trinajstić information content (AvgIpc) is 3.27. The molecule has 0 aromatic rings. The van der Waals surface area contributed by atoms with Gasteiger partial charge < -0.3 is 14.9 Å². The van der Waals surface area contributed by atoms with Crippen LogP contribution >= 0.6 is 0 Å². The summed E-state index contributed by atoms with van der Waals surface area (Å²) in [6.45, 7) is 18.8. The lowest BCUT2D eigenvalue weighted by molar-refractivity contribution is -0.227. The van der Waals surface area contributed by atoms with Gasteiger partial charge >= 0.3 is 0 Å². The van der Waals surface area contributed by atoms with Crippen LogP contribution in [-0.4, -0.2) is 33.6 Å². The van der Waals surface area contributed by atoms with Crippen molar-refractivity contribution in [3.8, 4) is 0 Å². The summed E-state index contributed by atoms with van der Waals surface area (Å²) in [5.74, 6) is 2.73. The maximum atomic E-state index is 10.9. The molecule has 1 heterocycles. The first-order chi connectivity index (χ1) is 15.1. The van der Waals surface area contributed by atoms with Crippen molar-refractivity contribution >= 4 is 0 Å². The monoisotopic (exact) mass is 460 g/mol. The Balaban J connectivity index is 1.44. The van der Waals surface area contributed by atoms with Crippen molar-refractivity contribution in [1.82, 2.24) is 0 Å². The summed E-state index contributed by atoms with van der Waals surface area (Å²) in [6.07, 6.45) is 11.9. The summed E-state index contributed by atoms with van der Waals surface area (Å²) in [6, 6.07) is 0. The van der Waals surface area contributed by atoms with Crippen LogP contribution in [0.4, 0.5) is 0 Å². The predicted molar refractivity (Wildman–Crippen MR) is 134 cm³/mol. The fourth-order valence-corrected chi connectivity index (χ4v) is 11.1. The van der Waals surface area contributed by atoms with Crippen LogP contribution in [0.5, 0.6) is 0 Å². The molecule has 4 saturated carbocycles. The van der Waals surface area contributed by atoms with Crippen molar-refractivity contribution in [2.24, 2.45) is 45.3 Å². The minimum atomic E-state index is -0.755. The number of ether oxygens (including phenoxy) is 1. The Morgan fingerprint density at radius 1 is 0.697 bits per heavy atom. The zero-order chi connectivity index (χ0) is 24.2. The van der Waals surface area contributed by atoms with E-state index in [4.69, 9.17) is 4.74 Å². The molecule has 0 radical (unpaired) electrons. The molecule has 1 aliphatic heterocycles. The molecule has 0 aromatic carbocycles. The second-order valence-corrected chi connectivity index (χ2v) is 15.3. The minimum Gasteiger partial charge on any atom is -0.393 e. The molecule has 0 amide bonds. The van der Waals surface area contributed by atoms with Gasteiger partial charge in [-0.1, -0.05) is 34.6 Å². The van der Waals surface area contributed by atoms with E-state index >= 15 is 0 Å². The van der Waals surface area contributed by atoms with Crippen LogP contribution in [0.15, 0.2) is 0 Å². The standard InChI is InChI=1S/C30H52O3/c1-25(2)21-12-17-29(7)22(27(21,5)15-13-23(25)31)10-9-19-20(11-16-28(19,29)6)30(8)18-14-24(33-30)26(3,4)32/h19-24,31-32H,9-18H2,1-8H3/t19-,20-,21?,22+,23+,24+,27-,28-,29+,30-/m0/s1. The van der Waals surface area contributed by atoms with Gasteiger partial charge in [-0.25, -0.2) is 0 Å². The molecular formula is C30H52O3. The van der Waals surface area contributed by atoms with Crippen molar-refractivity contribution in [2.75, 3.05) is 0 Å². The molecule has 3 heteroatoms. The van der Waals surface area contributed by atoms with Crippen molar-refractivity contribution in [3.05, 3.63) is 0 Å². The number of aliphatic hydroxyl groups is 2. The van der Waals surface area contributed by atoms with Crippen molar-refractivity contribution in [2.45, 2.75) is 143 Å². The smallest absolute Gasteiger partial charge is 0.0865 e. The second kappa shape index (κ2) is 7.22. The molecule has 10 atom stereocenters. The topological polar surface area (TPSA) is 49.7 Å². The summed E-state index contributed by atoms with van der Waals surface area (Å²) in [5, 5.41) is 21.5. The highest BCUT2D eigenvalue weighted by atomic mass is 16.5. The number of hydrogen-bond acceptors (Lipinski definition) is 3. The van der Waals surface area contributed by atoms with Gasteiger partial charge in [0.2, 0.25) is 0 Å². The summed E-state index contributed by atoms with van der Waals surface area (Å²) in [5.41, 5.74) is 0.277. The highest BCUT2D eigenvalue weighted by Crippen LogP contribution is 2.76. The lowest BCUT2D eigenvalue weighted by Crippen LogP contribution is -2.64. The summed E-state index contributed by atoms with van der Waals surface area (Å²) < 4.78 is 6.73. The summed E-state index contributed by atoms with van der Waals surface area (Å²) >= 11 is 0. The lowest BCUT2D eigenvalue weighted by Gasteiger charge is -2.70. The zero-order valence-corrected chi connectivity index (χ0v) is 22.8. The van der Waals surface area contributed by atoms with E-state index in [-0.39, 0.29) is 23.2 Å². The number of aliphatic hydroxyl groups excluding tert-OH is 1. The zero-order valence-electron chi connectivity index (χ0n) is 22.8.